The number of rotatable bonds is 10. The number of carbonyl (C=O) groups is 3. The highest BCUT2D eigenvalue weighted by atomic mass is 16.6. The summed E-state index contributed by atoms with van der Waals surface area (Å²) in [5, 5.41) is 0. The number of amides is 3. The second-order valence-corrected chi connectivity index (χ2v) is 13.8. The molecule has 8 rings (SSSR count). The van der Waals surface area contributed by atoms with Crippen molar-refractivity contribution in [3.8, 4) is 33.6 Å². The van der Waals surface area contributed by atoms with Gasteiger partial charge in [0.25, 0.3) is 5.91 Å². The fourth-order valence-corrected chi connectivity index (χ4v) is 7.68. The molecular formula is C43H41N7O4. The number of primary amides is 1. The SMILES string of the molecule is NC(=O)O[C@@H](C(=O)N1CCC[C@H]1c1ncc(-c2ccc(-c3ccc(-c4cnc([C@@H]5CCCN5C(=O)Cc5ccccc5)[nH]4)cc3)cc2)[nH]1)c1ccccc1. The van der Waals surface area contributed by atoms with Gasteiger partial charge in [-0.05, 0) is 53.5 Å². The molecule has 3 amide bonds. The van der Waals surface area contributed by atoms with E-state index in [1.165, 1.54) is 0 Å². The molecule has 2 aromatic heterocycles. The fourth-order valence-electron chi connectivity index (χ4n) is 7.68. The maximum absolute atomic E-state index is 13.7. The molecule has 6 aromatic rings. The molecule has 2 aliphatic rings. The van der Waals surface area contributed by atoms with Crippen molar-refractivity contribution in [2.45, 2.75) is 50.3 Å². The van der Waals surface area contributed by atoms with E-state index in [0.29, 0.717) is 24.4 Å². The number of likely N-dealkylation sites (tertiary alicyclic amines) is 2. The van der Waals surface area contributed by atoms with Crippen molar-refractivity contribution < 1.29 is 19.1 Å². The van der Waals surface area contributed by atoms with Gasteiger partial charge in [0.1, 0.15) is 11.6 Å². The Morgan fingerprint density at radius 2 is 1.15 bits per heavy atom. The van der Waals surface area contributed by atoms with E-state index in [0.717, 1.165) is 77.3 Å². The van der Waals surface area contributed by atoms with Gasteiger partial charge in [0.15, 0.2) is 0 Å². The predicted molar refractivity (Wildman–Crippen MR) is 204 cm³/mol. The molecular weight excluding hydrogens is 679 g/mol. The van der Waals surface area contributed by atoms with E-state index in [1.807, 2.05) is 47.5 Å². The number of nitrogens with two attached hydrogens (primary N) is 1. The lowest BCUT2D eigenvalue weighted by molar-refractivity contribution is -0.141. The number of nitrogens with zero attached hydrogens (tertiary/aromatic N) is 4. The van der Waals surface area contributed by atoms with Crippen molar-refractivity contribution in [3.63, 3.8) is 0 Å². The van der Waals surface area contributed by atoms with Gasteiger partial charge in [-0.25, -0.2) is 14.8 Å². The summed E-state index contributed by atoms with van der Waals surface area (Å²) in [5.41, 5.74) is 12.8. The van der Waals surface area contributed by atoms with Crippen LogP contribution >= 0.6 is 0 Å². The van der Waals surface area contributed by atoms with Gasteiger partial charge in [0.2, 0.25) is 12.0 Å². The molecule has 0 radical (unpaired) electrons. The van der Waals surface area contributed by atoms with Crippen LogP contribution in [0, 0.1) is 0 Å². The van der Waals surface area contributed by atoms with Crippen molar-refractivity contribution in [3.05, 3.63) is 144 Å². The third kappa shape index (κ3) is 7.25. The van der Waals surface area contributed by atoms with Crippen LogP contribution < -0.4 is 5.73 Å². The van der Waals surface area contributed by atoms with Gasteiger partial charge in [-0.15, -0.1) is 0 Å². The van der Waals surface area contributed by atoms with Gasteiger partial charge in [-0.3, -0.25) is 9.59 Å². The molecule has 0 unspecified atom stereocenters. The fraction of sp³-hybridized carbons (Fsp3) is 0.233. The molecule has 0 saturated carbocycles. The van der Waals surface area contributed by atoms with Crippen LogP contribution in [0.3, 0.4) is 0 Å². The molecule has 11 heteroatoms. The summed E-state index contributed by atoms with van der Waals surface area (Å²) in [6.07, 6.45) is 5.30. The van der Waals surface area contributed by atoms with Crippen molar-refractivity contribution >= 4 is 17.9 Å². The van der Waals surface area contributed by atoms with Crippen LogP contribution in [-0.4, -0.2) is 60.7 Å². The monoisotopic (exact) mass is 719 g/mol. The number of benzene rings is 4. The van der Waals surface area contributed by atoms with Crippen LogP contribution in [0.15, 0.2) is 122 Å². The van der Waals surface area contributed by atoms with Crippen LogP contribution in [-0.2, 0) is 20.7 Å². The summed E-state index contributed by atoms with van der Waals surface area (Å²) in [6.45, 7) is 1.27. The number of aromatic nitrogens is 4. The highest BCUT2D eigenvalue weighted by Gasteiger charge is 2.38. The van der Waals surface area contributed by atoms with E-state index in [-0.39, 0.29) is 23.9 Å². The number of hydrogen-bond donors (Lipinski definition) is 3. The Morgan fingerprint density at radius 1 is 0.667 bits per heavy atom. The lowest BCUT2D eigenvalue weighted by Gasteiger charge is -2.27. The Kier molecular flexibility index (Phi) is 9.76. The molecule has 0 aliphatic carbocycles. The van der Waals surface area contributed by atoms with Crippen LogP contribution in [0.5, 0.6) is 0 Å². The van der Waals surface area contributed by atoms with Crippen molar-refractivity contribution in [1.82, 2.24) is 29.7 Å². The minimum Gasteiger partial charge on any atom is -0.431 e. The molecule has 0 spiro atoms. The van der Waals surface area contributed by atoms with Crippen molar-refractivity contribution in [1.29, 1.82) is 0 Å². The maximum atomic E-state index is 13.7. The highest BCUT2D eigenvalue weighted by Crippen LogP contribution is 2.36. The molecule has 54 heavy (non-hydrogen) atoms. The van der Waals surface area contributed by atoms with Crippen molar-refractivity contribution in [2.75, 3.05) is 13.1 Å². The molecule has 2 saturated heterocycles. The quantitative estimate of drug-likeness (QED) is 0.133. The number of carbonyl (C=O) groups excluding carboxylic acids is 3. The Bertz CT molecular complexity index is 2230. The topological polar surface area (TPSA) is 150 Å². The normalized spacial score (nSPS) is 17.4. The summed E-state index contributed by atoms with van der Waals surface area (Å²) >= 11 is 0. The summed E-state index contributed by atoms with van der Waals surface area (Å²) < 4.78 is 5.29. The van der Waals surface area contributed by atoms with Crippen LogP contribution in [0.25, 0.3) is 33.6 Å². The Morgan fingerprint density at radius 3 is 1.69 bits per heavy atom. The minimum atomic E-state index is -1.12. The van der Waals surface area contributed by atoms with Gasteiger partial charge >= 0.3 is 6.09 Å². The van der Waals surface area contributed by atoms with E-state index in [9.17, 15) is 14.4 Å². The zero-order valence-electron chi connectivity index (χ0n) is 29.7. The van der Waals surface area contributed by atoms with E-state index < -0.39 is 12.2 Å². The smallest absolute Gasteiger partial charge is 0.405 e. The highest BCUT2D eigenvalue weighted by molar-refractivity contribution is 5.85. The van der Waals surface area contributed by atoms with Crippen LogP contribution in [0.2, 0.25) is 0 Å². The number of nitrogens with one attached hydrogen (secondary N) is 2. The predicted octanol–water partition coefficient (Wildman–Crippen LogP) is 7.54. The summed E-state index contributed by atoms with van der Waals surface area (Å²) in [7, 11) is 0. The number of aromatic amines is 2. The van der Waals surface area contributed by atoms with E-state index in [4.69, 9.17) is 15.5 Å². The standard InChI is InChI=1S/C43H41N7O4/c44-43(53)54-39(33-11-5-2-6-12-33)42(52)50-24-8-14-37(50)41-46-27-35(48-41)32-21-17-30(18-22-32)29-15-19-31(20-16-29)34-26-45-40(47-34)36-13-7-23-49(36)38(51)25-28-9-3-1-4-10-28/h1-6,9-12,15-22,26-27,36-37,39H,7-8,13-14,23-25H2,(H2,44,53)(H,45,47)(H,46,48)/t36-,37-,39+/m0/s1. The molecule has 4 heterocycles. The first-order valence-electron chi connectivity index (χ1n) is 18.4. The number of hydrogen-bond acceptors (Lipinski definition) is 6. The molecule has 2 aliphatic heterocycles. The Labute approximate surface area is 313 Å². The Balaban J connectivity index is 0.921. The summed E-state index contributed by atoms with van der Waals surface area (Å²) in [4.78, 5) is 58.6. The van der Waals surface area contributed by atoms with Gasteiger partial charge in [0.05, 0.1) is 42.3 Å². The first-order valence-corrected chi connectivity index (χ1v) is 18.4. The largest absolute Gasteiger partial charge is 0.431 e. The van der Waals surface area contributed by atoms with Crippen LogP contribution in [0.1, 0.15) is 66.6 Å². The molecule has 3 atom stereocenters. The second kappa shape index (κ2) is 15.2. The van der Waals surface area contributed by atoms with Gasteiger partial charge in [-0.2, -0.15) is 0 Å². The van der Waals surface area contributed by atoms with Gasteiger partial charge < -0.3 is 30.2 Å². The van der Waals surface area contributed by atoms with Crippen LogP contribution in [0.4, 0.5) is 4.79 Å². The van der Waals surface area contributed by atoms with E-state index >= 15 is 0 Å². The van der Waals surface area contributed by atoms with Gasteiger partial charge in [0, 0.05) is 18.7 Å². The first kappa shape index (κ1) is 34.6. The van der Waals surface area contributed by atoms with Crippen molar-refractivity contribution in [2.24, 2.45) is 5.73 Å². The van der Waals surface area contributed by atoms with E-state index in [2.05, 4.69) is 63.5 Å². The summed E-state index contributed by atoms with van der Waals surface area (Å²) in [5.74, 6) is 1.31. The van der Waals surface area contributed by atoms with Gasteiger partial charge in [-0.1, -0.05) is 109 Å². The third-order valence-electron chi connectivity index (χ3n) is 10.4. The molecule has 11 nitrogen and oxygen atoms in total. The maximum Gasteiger partial charge on any atom is 0.405 e. The average molecular weight is 720 g/mol. The first-order chi connectivity index (χ1) is 26.4. The molecule has 2 fully saturated rings. The second-order valence-electron chi connectivity index (χ2n) is 13.8. The zero-order valence-corrected chi connectivity index (χ0v) is 29.7. The molecule has 272 valence electrons. The molecule has 0 bridgehead atoms. The number of imidazole rings is 2. The third-order valence-corrected chi connectivity index (χ3v) is 10.4. The molecule has 4 N–H and O–H groups in total. The van der Waals surface area contributed by atoms with E-state index in [1.54, 1.807) is 35.4 Å². The lowest BCUT2D eigenvalue weighted by Crippen LogP contribution is -2.37. The number of ether oxygens (including phenoxy) is 1. The lowest BCUT2D eigenvalue weighted by atomic mass is 10.0. The minimum absolute atomic E-state index is 0.0480. The average Bonchev–Trinajstić information content (AvgIpc) is 4.04. The number of H-pyrrole nitrogens is 2. The Hall–Kier alpha value is -6.49. The summed E-state index contributed by atoms with van der Waals surface area (Å²) in [6, 6.07) is 35.1. The zero-order chi connectivity index (χ0) is 37.0. The molecule has 4 aromatic carbocycles.